The number of carbonyl (C=O) groups is 1. The SMILES string of the molecule is CN(C)CCCn1c(=C2C(=O)Nc3ccc(F)cc32)sc(=Cc2cn(-c3cccc(CF)c3)c3ccccc23)c1=O. The Kier molecular flexibility index (Phi) is 7.15. The predicted molar refractivity (Wildman–Crippen MR) is 160 cm³/mol. The van der Waals surface area contributed by atoms with E-state index in [4.69, 9.17) is 0 Å². The zero-order chi connectivity index (χ0) is 28.7. The molecule has 208 valence electrons. The summed E-state index contributed by atoms with van der Waals surface area (Å²) in [5.41, 5.74) is 4.22. The molecule has 0 spiro atoms. The van der Waals surface area contributed by atoms with Crippen LogP contribution in [0.3, 0.4) is 0 Å². The number of para-hydroxylation sites is 1. The maximum Gasteiger partial charge on any atom is 0.269 e. The number of thiazole rings is 1. The van der Waals surface area contributed by atoms with Gasteiger partial charge in [0.1, 0.15) is 17.2 Å². The number of carbonyl (C=O) groups excluding carboxylic acids is 1. The highest BCUT2D eigenvalue weighted by molar-refractivity contribution is 7.07. The number of nitrogens with one attached hydrogen (secondary N) is 1. The van der Waals surface area contributed by atoms with Crippen molar-refractivity contribution < 1.29 is 13.6 Å². The van der Waals surface area contributed by atoms with Crippen LogP contribution in [0.5, 0.6) is 0 Å². The average Bonchev–Trinajstić information content (AvgIpc) is 3.59. The van der Waals surface area contributed by atoms with Gasteiger partial charge in [0.25, 0.3) is 11.5 Å². The largest absolute Gasteiger partial charge is 0.321 e. The summed E-state index contributed by atoms with van der Waals surface area (Å²) in [5.74, 6) is -0.809. The van der Waals surface area contributed by atoms with Crippen molar-refractivity contribution in [3.63, 3.8) is 0 Å². The second kappa shape index (κ2) is 10.9. The van der Waals surface area contributed by atoms with Crippen molar-refractivity contribution in [3.8, 4) is 5.69 Å². The summed E-state index contributed by atoms with van der Waals surface area (Å²) in [5, 5.41) is 3.74. The summed E-state index contributed by atoms with van der Waals surface area (Å²) in [7, 11) is 3.93. The lowest BCUT2D eigenvalue weighted by Gasteiger charge is -2.09. The van der Waals surface area contributed by atoms with Gasteiger partial charge in [-0.3, -0.25) is 14.2 Å². The van der Waals surface area contributed by atoms with Crippen LogP contribution in [0.15, 0.2) is 77.7 Å². The number of alkyl halides is 1. The minimum absolute atomic E-state index is 0.204. The van der Waals surface area contributed by atoms with Gasteiger partial charge in [-0.2, -0.15) is 0 Å². The number of aromatic nitrogens is 2. The molecule has 0 unspecified atom stereocenters. The fourth-order valence-electron chi connectivity index (χ4n) is 5.27. The molecule has 2 aromatic heterocycles. The molecule has 6 nitrogen and oxygen atoms in total. The molecule has 1 aliphatic rings. The normalized spacial score (nSPS) is 14.8. The van der Waals surface area contributed by atoms with Crippen molar-refractivity contribution in [1.82, 2.24) is 14.0 Å². The Bertz CT molecular complexity index is 1990. The van der Waals surface area contributed by atoms with Gasteiger partial charge in [0.15, 0.2) is 0 Å². The number of hydrogen-bond acceptors (Lipinski definition) is 4. The number of fused-ring (bicyclic) bond motifs is 2. The van der Waals surface area contributed by atoms with Crippen LogP contribution >= 0.6 is 11.3 Å². The van der Waals surface area contributed by atoms with Gasteiger partial charge in [0.2, 0.25) is 0 Å². The first-order valence-corrected chi connectivity index (χ1v) is 14.1. The summed E-state index contributed by atoms with van der Waals surface area (Å²) in [6.45, 7) is 0.617. The molecule has 9 heteroatoms. The van der Waals surface area contributed by atoms with Crippen LogP contribution in [0.2, 0.25) is 0 Å². The standard InChI is InChI=1S/C32H28F2N4O2S/c1-36(2)13-6-14-37-31(40)28(41-32(37)29-25-17-22(34)11-12-26(25)35-30(29)39)16-21-19-38(27-10-4-3-9-24(21)27)23-8-5-7-20(15-23)18-33/h3-5,7-12,15-17,19H,6,13-14,18H2,1-2H3,(H,35,39). The third-order valence-electron chi connectivity index (χ3n) is 7.21. The summed E-state index contributed by atoms with van der Waals surface area (Å²) in [6.07, 6.45) is 4.49. The lowest BCUT2D eigenvalue weighted by Crippen LogP contribution is -2.34. The van der Waals surface area contributed by atoms with Gasteiger partial charge in [0, 0.05) is 40.6 Å². The Morgan fingerprint density at radius 2 is 1.85 bits per heavy atom. The van der Waals surface area contributed by atoms with E-state index in [2.05, 4.69) is 5.32 Å². The molecule has 1 N–H and O–H groups in total. The maximum absolute atomic E-state index is 14.2. The molecule has 3 aromatic carbocycles. The van der Waals surface area contributed by atoms with E-state index in [1.165, 1.54) is 29.5 Å². The van der Waals surface area contributed by atoms with Gasteiger partial charge in [0.05, 0.1) is 15.6 Å². The van der Waals surface area contributed by atoms with Crippen LogP contribution in [0, 0.1) is 5.82 Å². The summed E-state index contributed by atoms with van der Waals surface area (Å²) < 4.78 is 32.2. The third kappa shape index (κ3) is 5.03. The summed E-state index contributed by atoms with van der Waals surface area (Å²) in [6, 6.07) is 19.3. The van der Waals surface area contributed by atoms with Gasteiger partial charge >= 0.3 is 0 Å². The molecule has 6 rings (SSSR count). The quantitative estimate of drug-likeness (QED) is 0.316. The molecule has 0 saturated carbocycles. The van der Waals surface area contributed by atoms with Crippen LogP contribution in [0.4, 0.5) is 14.5 Å². The number of nitrogens with zero attached hydrogens (tertiary/aromatic N) is 3. The minimum atomic E-state index is -0.559. The van der Waals surface area contributed by atoms with E-state index in [-0.39, 0.29) is 11.5 Å². The van der Waals surface area contributed by atoms with Gasteiger partial charge in [-0.1, -0.05) is 30.3 Å². The molecular formula is C32H28F2N4O2S. The van der Waals surface area contributed by atoms with Gasteiger partial charge in [-0.15, -0.1) is 11.3 Å². The Labute approximate surface area is 239 Å². The highest BCUT2D eigenvalue weighted by Gasteiger charge is 2.27. The van der Waals surface area contributed by atoms with E-state index in [1.807, 2.05) is 78.3 Å². The van der Waals surface area contributed by atoms with E-state index in [1.54, 1.807) is 10.6 Å². The van der Waals surface area contributed by atoms with Crippen LogP contribution in [0.1, 0.15) is 23.1 Å². The van der Waals surface area contributed by atoms with Crippen LogP contribution < -0.4 is 20.1 Å². The Hall–Kier alpha value is -4.34. The first-order chi connectivity index (χ1) is 19.8. The highest BCUT2D eigenvalue weighted by Crippen LogP contribution is 2.31. The van der Waals surface area contributed by atoms with Gasteiger partial charge < -0.3 is 14.8 Å². The topological polar surface area (TPSA) is 59.3 Å². The zero-order valence-corrected chi connectivity index (χ0v) is 23.5. The average molecular weight is 571 g/mol. The highest BCUT2D eigenvalue weighted by atomic mass is 32.1. The molecule has 0 fully saturated rings. The second-order valence-corrected chi connectivity index (χ2v) is 11.4. The lowest BCUT2D eigenvalue weighted by atomic mass is 10.1. The molecule has 0 bridgehead atoms. The number of anilines is 1. The fraction of sp³-hybridized carbons (Fsp3) is 0.188. The molecule has 1 amide bonds. The van der Waals surface area contributed by atoms with Crippen molar-refractivity contribution >= 4 is 45.5 Å². The minimum Gasteiger partial charge on any atom is -0.321 e. The van der Waals surface area contributed by atoms with Crippen LogP contribution in [0.25, 0.3) is 28.2 Å². The van der Waals surface area contributed by atoms with E-state index in [0.29, 0.717) is 44.5 Å². The van der Waals surface area contributed by atoms with Gasteiger partial charge in [-0.05, 0) is 75.1 Å². The van der Waals surface area contributed by atoms with Crippen LogP contribution in [-0.2, 0) is 18.0 Å². The number of amides is 1. The van der Waals surface area contributed by atoms with Crippen LogP contribution in [-0.4, -0.2) is 40.6 Å². The molecule has 0 radical (unpaired) electrons. The molecule has 0 atom stereocenters. The van der Waals surface area contributed by atoms with E-state index < -0.39 is 12.5 Å². The van der Waals surface area contributed by atoms with E-state index in [9.17, 15) is 18.4 Å². The Morgan fingerprint density at radius 3 is 2.66 bits per heavy atom. The van der Waals surface area contributed by atoms with E-state index in [0.717, 1.165) is 28.7 Å². The molecule has 0 saturated heterocycles. The van der Waals surface area contributed by atoms with E-state index >= 15 is 0 Å². The molecule has 3 heterocycles. The molecular weight excluding hydrogens is 542 g/mol. The molecule has 0 aliphatic carbocycles. The monoisotopic (exact) mass is 570 g/mol. The zero-order valence-electron chi connectivity index (χ0n) is 22.7. The third-order valence-corrected chi connectivity index (χ3v) is 8.34. The first kappa shape index (κ1) is 26.9. The summed E-state index contributed by atoms with van der Waals surface area (Å²) >= 11 is 1.23. The summed E-state index contributed by atoms with van der Waals surface area (Å²) in [4.78, 5) is 29.0. The number of halogens is 2. The van der Waals surface area contributed by atoms with Crippen molar-refractivity contribution in [2.24, 2.45) is 0 Å². The van der Waals surface area contributed by atoms with Gasteiger partial charge in [-0.25, -0.2) is 8.78 Å². The smallest absolute Gasteiger partial charge is 0.269 e. The number of rotatable bonds is 7. The second-order valence-electron chi connectivity index (χ2n) is 10.3. The maximum atomic E-state index is 14.2. The Balaban J connectivity index is 1.58. The van der Waals surface area contributed by atoms with Crippen molar-refractivity contribution in [3.05, 3.63) is 115 Å². The molecule has 1 aliphatic heterocycles. The molecule has 5 aromatic rings. The first-order valence-electron chi connectivity index (χ1n) is 13.3. The predicted octanol–water partition coefficient (Wildman–Crippen LogP) is 4.39. The number of benzene rings is 3. The molecule has 41 heavy (non-hydrogen) atoms. The lowest BCUT2D eigenvalue weighted by molar-refractivity contribution is -0.110. The fourth-order valence-corrected chi connectivity index (χ4v) is 6.45. The van der Waals surface area contributed by atoms with Crippen molar-refractivity contribution in [2.75, 3.05) is 26.0 Å². The van der Waals surface area contributed by atoms with Crippen molar-refractivity contribution in [1.29, 1.82) is 0 Å². The Morgan fingerprint density at radius 1 is 1.02 bits per heavy atom. The number of hydrogen-bond donors (Lipinski definition) is 1. The van der Waals surface area contributed by atoms with Crippen molar-refractivity contribution in [2.45, 2.75) is 19.6 Å².